The van der Waals surface area contributed by atoms with E-state index in [4.69, 9.17) is 9.47 Å². The number of benzene rings is 1. The Kier molecular flexibility index (Phi) is 4.55. The van der Waals surface area contributed by atoms with Gasteiger partial charge in [0.2, 0.25) is 0 Å². The maximum atomic E-state index is 11.9. The summed E-state index contributed by atoms with van der Waals surface area (Å²) in [5, 5.41) is 8.57. The highest BCUT2D eigenvalue weighted by atomic mass is 16.5. The molecule has 0 saturated heterocycles. The highest BCUT2D eigenvalue weighted by Gasteiger charge is 2.10. The van der Waals surface area contributed by atoms with E-state index in [2.05, 4.69) is 15.5 Å². The molecule has 7 heteroatoms. The molecule has 1 aromatic heterocycles. The van der Waals surface area contributed by atoms with Gasteiger partial charge in [0.1, 0.15) is 17.2 Å². The van der Waals surface area contributed by atoms with Crippen LogP contribution >= 0.6 is 0 Å². The number of methoxy groups -OCH3 is 2. The summed E-state index contributed by atoms with van der Waals surface area (Å²) in [6, 6.07) is 7.93. The van der Waals surface area contributed by atoms with Crippen molar-refractivity contribution in [3.8, 4) is 11.5 Å². The SMILES string of the molecule is COc1ccc(CNC(=O)c2ccc(=O)[nH]n2)c(OC)c1. The third kappa shape index (κ3) is 3.59. The van der Waals surface area contributed by atoms with Gasteiger partial charge in [0.15, 0.2) is 0 Å². The van der Waals surface area contributed by atoms with Crippen molar-refractivity contribution in [3.63, 3.8) is 0 Å². The van der Waals surface area contributed by atoms with Crippen molar-refractivity contribution in [2.75, 3.05) is 14.2 Å². The van der Waals surface area contributed by atoms with Gasteiger partial charge in [-0.05, 0) is 18.2 Å². The smallest absolute Gasteiger partial charge is 0.271 e. The fourth-order valence-electron chi connectivity index (χ4n) is 1.73. The molecule has 7 nitrogen and oxygen atoms in total. The number of ether oxygens (including phenoxy) is 2. The Hall–Kier alpha value is -2.83. The fourth-order valence-corrected chi connectivity index (χ4v) is 1.73. The van der Waals surface area contributed by atoms with Gasteiger partial charge in [0, 0.05) is 24.2 Å². The quantitative estimate of drug-likeness (QED) is 0.846. The third-order valence-electron chi connectivity index (χ3n) is 2.85. The van der Waals surface area contributed by atoms with Gasteiger partial charge in [0.05, 0.1) is 14.2 Å². The summed E-state index contributed by atoms with van der Waals surface area (Å²) in [6.45, 7) is 0.271. The van der Waals surface area contributed by atoms with Crippen LogP contribution in [0.15, 0.2) is 35.1 Å². The predicted molar refractivity (Wildman–Crippen MR) is 75.6 cm³/mol. The molecule has 2 aromatic rings. The van der Waals surface area contributed by atoms with Crippen LogP contribution in [0.3, 0.4) is 0 Å². The first-order valence-corrected chi connectivity index (χ1v) is 6.19. The molecule has 1 aromatic carbocycles. The average molecular weight is 289 g/mol. The number of aromatic nitrogens is 2. The molecule has 0 atom stereocenters. The summed E-state index contributed by atoms with van der Waals surface area (Å²) >= 11 is 0. The molecular weight excluding hydrogens is 274 g/mol. The molecule has 2 rings (SSSR count). The molecule has 1 amide bonds. The lowest BCUT2D eigenvalue weighted by Crippen LogP contribution is -2.25. The first kappa shape index (κ1) is 14.6. The molecule has 0 aliphatic rings. The minimum absolute atomic E-state index is 0.141. The number of hydrogen-bond acceptors (Lipinski definition) is 5. The maximum Gasteiger partial charge on any atom is 0.271 e. The Bertz CT molecular complexity index is 676. The second-order valence-electron chi connectivity index (χ2n) is 4.17. The molecule has 1 heterocycles. The van der Waals surface area contributed by atoms with E-state index in [9.17, 15) is 9.59 Å². The van der Waals surface area contributed by atoms with Crippen LogP contribution < -0.4 is 20.3 Å². The van der Waals surface area contributed by atoms with E-state index in [1.54, 1.807) is 32.4 Å². The lowest BCUT2D eigenvalue weighted by atomic mass is 10.2. The zero-order valence-corrected chi connectivity index (χ0v) is 11.7. The third-order valence-corrected chi connectivity index (χ3v) is 2.85. The molecule has 2 N–H and O–H groups in total. The van der Waals surface area contributed by atoms with Crippen molar-refractivity contribution < 1.29 is 14.3 Å². The maximum absolute atomic E-state index is 11.9. The molecule has 0 spiro atoms. The average Bonchev–Trinajstić information content (AvgIpc) is 2.53. The molecule has 0 bridgehead atoms. The number of amides is 1. The molecule has 0 radical (unpaired) electrons. The second-order valence-corrected chi connectivity index (χ2v) is 4.17. The Morgan fingerprint density at radius 3 is 2.67 bits per heavy atom. The van der Waals surface area contributed by atoms with Crippen molar-refractivity contribution in [2.45, 2.75) is 6.54 Å². The van der Waals surface area contributed by atoms with E-state index < -0.39 is 0 Å². The van der Waals surface area contributed by atoms with Crippen LogP contribution in [0.1, 0.15) is 16.1 Å². The molecule has 0 unspecified atom stereocenters. The van der Waals surface area contributed by atoms with Gasteiger partial charge in [-0.3, -0.25) is 9.59 Å². The van der Waals surface area contributed by atoms with E-state index in [1.807, 2.05) is 0 Å². The highest BCUT2D eigenvalue weighted by Crippen LogP contribution is 2.24. The first-order valence-electron chi connectivity index (χ1n) is 6.19. The number of H-pyrrole nitrogens is 1. The van der Waals surface area contributed by atoms with Crippen LogP contribution in [0.5, 0.6) is 11.5 Å². The second kappa shape index (κ2) is 6.56. The van der Waals surface area contributed by atoms with Gasteiger partial charge >= 0.3 is 0 Å². The predicted octanol–water partition coefficient (Wildman–Crippen LogP) is 0.717. The molecule has 21 heavy (non-hydrogen) atoms. The van der Waals surface area contributed by atoms with Gasteiger partial charge in [-0.2, -0.15) is 5.10 Å². The van der Waals surface area contributed by atoms with Crippen LogP contribution in [-0.4, -0.2) is 30.3 Å². The van der Waals surface area contributed by atoms with Crippen LogP contribution in [-0.2, 0) is 6.54 Å². The molecule has 0 aliphatic carbocycles. The minimum atomic E-state index is -0.385. The van der Waals surface area contributed by atoms with E-state index in [1.165, 1.54) is 12.1 Å². The van der Waals surface area contributed by atoms with E-state index in [-0.39, 0.29) is 23.7 Å². The number of rotatable bonds is 5. The van der Waals surface area contributed by atoms with Crippen molar-refractivity contribution in [3.05, 3.63) is 51.9 Å². The Labute approximate surface area is 120 Å². The normalized spacial score (nSPS) is 10.0. The summed E-state index contributed by atoms with van der Waals surface area (Å²) in [5.41, 5.74) is 0.585. The summed E-state index contributed by atoms with van der Waals surface area (Å²) in [4.78, 5) is 22.8. The minimum Gasteiger partial charge on any atom is -0.497 e. The van der Waals surface area contributed by atoms with Crippen molar-refractivity contribution in [1.29, 1.82) is 0 Å². The monoisotopic (exact) mass is 289 g/mol. The molecule has 0 aliphatic heterocycles. The lowest BCUT2D eigenvalue weighted by molar-refractivity contribution is 0.0944. The van der Waals surface area contributed by atoms with Crippen molar-refractivity contribution >= 4 is 5.91 Å². The summed E-state index contributed by atoms with van der Waals surface area (Å²) in [5.74, 6) is 0.900. The van der Waals surface area contributed by atoms with Crippen LogP contribution in [0, 0.1) is 0 Å². The number of carbonyl (C=O) groups excluding carboxylic acids is 1. The van der Waals surface area contributed by atoms with Gasteiger partial charge in [-0.15, -0.1) is 0 Å². The largest absolute Gasteiger partial charge is 0.497 e. The number of carbonyl (C=O) groups is 1. The zero-order chi connectivity index (χ0) is 15.2. The van der Waals surface area contributed by atoms with Crippen LogP contribution in [0.4, 0.5) is 0 Å². The molecule has 0 fully saturated rings. The Balaban J connectivity index is 2.07. The standard InChI is InChI=1S/C14H15N3O4/c1-20-10-4-3-9(12(7-10)21-2)8-15-14(19)11-5-6-13(18)17-16-11/h3-7H,8H2,1-2H3,(H,15,19)(H,17,18). The van der Waals surface area contributed by atoms with E-state index >= 15 is 0 Å². The zero-order valence-electron chi connectivity index (χ0n) is 11.7. The van der Waals surface area contributed by atoms with Crippen molar-refractivity contribution in [2.24, 2.45) is 0 Å². The number of nitrogens with one attached hydrogen (secondary N) is 2. The van der Waals surface area contributed by atoms with E-state index in [0.29, 0.717) is 11.5 Å². The summed E-state index contributed by atoms with van der Waals surface area (Å²) in [7, 11) is 3.11. The Morgan fingerprint density at radius 2 is 2.05 bits per heavy atom. The number of aromatic amines is 1. The van der Waals surface area contributed by atoms with Gasteiger partial charge in [-0.25, -0.2) is 5.10 Å². The van der Waals surface area contributed by atoms with Crippen molar-refractivity contribution in [1.82, 2.24) is 15.5 Å². The molecule has 110 valence electrons. The Morgan fingerprint density at radius 1 is 1.24 bits per heavy atom. The van der Waals surface area contributed by atoms with Gasteiger partial charge < -0.3 is 14.8 Å². The topological polar surface area (TPSA) is 93.3 Å². The van der Waals surface area contributed by atoms with E-state index in [0.717, 1.165) is 5.56 Å². The molecular formula is C14H15N3O4. The number of hydrogen-bond donors (Lipinski definition) is 2. The molecule has 0 saturated carbocycles. The summed E-state index contributed by atoms with van der Waals surface area (Å²) in [6.07, 6.45) is 0. The van der Waals surface area contributed by atoms with Gasteiger partial charge in [0.25, 0.3) is 11.5 Å². The van der Waals surface area contributed by atoms with Crippen LogP contribution in [0.25, 0.3) is 0 Å². The van der Waals surface area contributed by atoms with Crippen LogP contribution in [0.2, 0.25) is 0 Å². The van der Waals surface area contributed by atoms with Gasteiger partial charge in [-0.1, -0.05) is 0 Å². The number of nitrogens with zero attached hydrogens (tertiary/aromatic N) is 1. The first-order chi connectivity index (χ1) is 10.1. The lowest BCUT2D eigenvalue weighted by Gasteiger charge is -2.11. The summed E-state index contributed by atoms with van der Waals surface area (Å²) < 4.78 is 10.4. The fraction of sp³-hybridized carbons (Fsp3) is 0.214. The highest BCUT2D eigenvalue weighted by molar-refractivity contribution is 5.91.